The lowest BCUT2D eigenvalue weighted by molar-refractivity contribution is -0.127. The summed E-state index contributed by atoms with van der Waals surface area (Å²) in [6.45, 7) is 5.43. The highest BCUT2D eigenvalue weighted by molar-refractivity contribution is 5.85. The molecule has 1 aliphatic carbocycles. The van der Waals surface area contributed by atoms with E-state index in [4.69, 9.17) is 4.74 Å². The van der Waals surface area contributed by atoms with Crippen LogP contribution in [0.2, 0.25) is 0 Å². The van der Waals surface area contributed by atoms with Crippen molar-refractivity contribution in [3.8, 4) is 5.75 Å². The maximum Gasteiger partial charge on any atom is 0.228 e. The number of carbonyl (C=O) groups is 1. The summed E-state index contributed by atoms with van der Waals surface area (Å²) in [5.41, 5.74) is 0.854. The number of benzene rings is 1. The van der Waals surface area contributed by atoms with Gasteiger partial charge in [0.2, 0.25) is 5.91 Å². The van der Waals surface area contributed by atoms with Crippen molar-refractivity contribution in [2.24, 2.45) is 5.41 Å². The van der Waals surface area contributed by atoms with Crippen LogP contribution in [0.1, 0.15) is 44.7 Å². The molecule has 128 valence electrons. The first-order valence-electron chi connectivity index (χ1n) is 8.66. The van der Waals surface area contributed by atoms with Crippen LogP contribution in [0.4, 0.5) is 0 Å². The molecule has 1 aromatic heterocycles. The van der Waals surface area contributed by atoms with Crippen molar-refractivity contribution in [1.29, 1.82) is 0 Å². The quantitative estimate of drug-likeness (QED) is 0.809. The number of amides is 1. The van der Waals surface area contributed by atoms with Crippen LogP contribution < -0.4 is 10.1 Å². The lowest BCUT2D eigenvalue weighted by atomic mass is 10.0. The molecule has 0 spiro atoms. The van der Waals surface area contributed by atoms with Crippen LogP contribution in [0, 0.1) is 5.41 Å². The van der Waals surface area contributed by atoms with E-state index in [1.807, 2.05) is 42.0 Å². The maximum absolute atomic E-state index is 12.8. The van der Waals surface area contributed by atoms with Crippen molar-refractivity contribution in [1.82, 2.24) is 14.9 Å². The molecule has 0 aliphatic heterocycles. The largest absolute Gasteiger partial charge is 0.494 e. The molecule has 1 aromatic carbocycles. The summed E-state index contributed by atoms with van der Waals surface area (Å²) in [7, 11) is 0. The fourth-order valence-electron chi connectivity index (χ4n) is 3.03. The Labute approximate surface area is 143 Å². The molecule has 0 radical (unpaired) electrons. The van der Waals surface area contributed by atoms with Crippen LogP contribution in [0.25, 0.3) is 0 Å². The summed E-state index contributed by atoms with van der Waals surface area (Å²) >= 11 is 0. The van der Waals surface area contributed by atoms with E-state index in [9.17, 15) is 4.79 Å². The molecule has 1 N–H and O–H groups in total. The minimum atomic E-state index is -0.265. The van der Waals surface area contributed by atoms with Gasteiger partial charge in [0.05, 0.1) is 24.4 Å². The first-order valence-corrected chi connectivity index (χ1v) is 8.66. The van der Waals surface area contributed by atoms with Crippen molar-refractivity contribution >= 4 is 5.91 Å². The van der Waals surface area contributed by atoms with Gasteiger partial charge in [0.1, 0.15) is 5.75 Å². The van der Waals surface area contributed by atoms with E-state index in [0.717, 1.165) is 30.6 Å². The van der Waals surface area contributed by atoms with E-state index in [1.54, 1.807) is 12.5 Å². The number of hydrogen-bond acceptors (Lipinski definition) is 3. The Balaban J connectivity index is 1.65. The highest BCUT2D eigenvalue weighted by Crippen LogP contribution is 2.47. The lowest BCUT2D eigenvalue weighted by Gasteiger charge is -2.22. The van der Waals surface area contributed by atoms with Crippen molar-refractivity contribution in [3.05, 3.63) is 48.5 Å². The lowest BCUT2D eigenvalue weighted by Crippen LogP contribution is -2.37. The van der Waals surface area contributed by atoms with Gasteiger partial charge in [0.25, 0.3) is 0 Å². The number of aromatic nitrogens is 2. The number of imidazole rings is 1. The van der Waals surface area contributed by atoms with E-state index in [0.29, 0.717) is 13.2 Å². The third kappa shape index (κ3) is 3.61. The molecule has 5 heteroatoms. The van der Waals surface area contributed by atoms with Gasteiger partial charge in [-0.3, -0.25) is 4.79 Å². The van der Waals surface area contributed by atoms with E-state index < -0.39 is 0 Å². The Kier molecular flexibility index (Phi) is 4.88. The van der Waals surface area contributed by atoms with Crippen LogP contribution in [-0.2, 0) is 11.3 Å². The number of carbonyl (C=O) groups excluding carboxylic acids is 1. The summed E-state index contributed by atoms with van der Waals surface area (Å²) in [4.78, 5) is 16.9. The molecular weight excluding hydrogens is 302 g/mol. The molecule has 1 saturated carbocycles. The smallest absolute Gasteiger partial charge is 0.228 e. The summed E-state index contributed by atoms with van der Waals surface area (Å²) in [5.74, 6) is 1.01. The molecule has 24 heavy (non-hydrogen) atoms. The second kappa shape index (κ2) is 7.07. The zero-order chi connectivity index (χ0) is 17.0. The highest BCUT2D eigenvalue weighted by atomic mass is 16.5. The molecule has 1 aliphatic rings. The van der Waals surface area contributed by atoms with E-state index >= 15 is 0 Å². The maximum atomic E-state index is 12.8. The van der Waals surface area contributed by atoms with Gasteiger partial charge in [-0.2, -0.15) is 0 Å². The van der Waals surface area contributed by atoms with Gasteiger partial charge >= 0.3 is 0 Å². The molecule has 2 aromatic rings. The monoisotopic (exact) mass is 327 g/mol. The first-order chi connectivity index (χ1) is 11.7. The predicted molar refractivity (Wildman–Crippen MR) is 92.7 cm³/mol. The third-order valence-electron chi connectivity index (χ3n) is 4.69. The summed E-state index contributed by atoms with van der Waals surface area (Å²) < 4.78 is 7.47. The number of nitrogens with zero attached hydrogens (tertiary/aromatic N) is 2. The van der Waals surface area contributed by atoms with Gasteiger partial charge in [-0.25, -0.2) is 4.98 Å². The molecule has 1 fully saturated rings. The average Bonchev–Trinajstić information content (AvgIpc) is 3.20. The van der Waals surface area contributed by atoms with Gasteiger partial charge in [-0.1, -0.05) is 19.1 Å². The minimum absolute atomic E-state index is 0.0356. The van der Waals surface area contributed by atoms with Crippen molar-refractivity contribution in [2.75, 3.05) is 6.61 Å². The van der Waals surface area contributed by atoms with E-state index in [1.165, 1.54) is 0 Å². The summed E-state index contributed by atoms with van der Waals surface area (Å²) in [6.07, 6.45) is 8.19. The second-order valence-corrected chi connectivity index (χ2v) is 6.45. The second-order valence-electron chi connectivity index (χ2n) is 6.45. The Morgan fingerprint density at radius 2 is 2.08 bits per heavy atom. The fourth-order valence-corrected chi connectivity index (χ4v) is 3.03. The fraction of sp³-hybridized carbons (Fsp3) is 0.474. The van der Waals surface area contributed by atoms with Crippen LogP contribution in [0.3, 0.4) is 0 Å². The van der Waals surface area contributed by atoms with Gasteiger partial charge in [0.15, 0.2) is 0 Å². The van der Waals surface area contributed by atoms with Crippen LogP contribution in [0.15, 0.2) is 43.0 Å². The zero-order valence-electron chi connectivity index (χ0n) is 14.4. The normalized spacial score (nSPS) is 16.4. The zero-order valence-corrected chi connectivity index (χ0v) is 14.4. The van der Waals surface area contributed by atoms with Crippen molar-refractivity contribution in [2.45, 2.75) is 45.7 Å². The Hall–Kier alpha value is -2.30. The molecular formula is C19H25N3O2. The first kappa shape index (κ1) is 16.6. The van der Waals surface area contributed by atoms with Crippen LogP contribution >= 0.6 is 0 Å². The third-order valence-corrected chi connectivity index (χ3v) is 4.69. The average molecular weight is 327 g/mol. The Bertz CT molecular complexity index is 660. The molecule has 1 amide bonds. The summed E-state index contributed by atoms with van der Waals surface area (Å²) in [5, 5.41) is 3.24. The number of rotatable bonds is 8. The van der Waals surface area contributed by atoms with Crippen LogP contribution in [-0.4, -0.2) is 22.1 Å². The van der Waals surface area contributed by atoms with Crippen molar-refractivity contribution < 1.29 is 9.53 Å². The van der Waals surface area contributed by atoms with E-state index in [2.05, 4.69) is 17.2 Å². The SMILES string of the molecule is CCOc1ccc(C(CC)NC(=O)C2(Cn3ccnc3)CC2)cc1. The highest BCUT2D eigenvalue weighted by Gasteiger charge is 2.50. The number of hydrogen-bond donors (Lipinski definition) is 1. The van der Waals surface area contributed by atoms with Gasteiger partial charge in [-0.15, -0.1) is 0 Å². The molecule has 1 atom stereocenters. The van der Waals surface area contributed by atoms with Gasteiger partial charge in [0, 0.05) is 18.9 Å². The standard InChI is InChI=1S/C19H25N3O2/c1-3-17(15-5-7-16(8-6-15)24-4-2)21-18(23)19(9-10-19)13-22-12-11-20-14-22/h5-8,11-12,14,17H,3-4,9-10,13H2,1-2H3,(H,21,23). The van der Waals surface area contributed by atoms with E-state index in [-0.39, 0.29) is 17.4 Å². The van der Waals surface area contributed by atoms with Crippen LogP contribution in [0.5, 0.6) is 5.75 Å². The minimum Gasteiger partial charge on any atom is -0.494 e. The Morgan fingerprint density at radius 3 is 2.62 bits per heavy atom. The summed E-state index contributed by atoms with van der Waals surface area (Å²) in [6, 6.07) is 8.04. The topological polar surface area (TPSA) is 56.1 Å². The predicted octanol–water partition coefficient (Wildman–Crippen LogP) is 3.33. The number of ether oxygens (including phenoxy) is 1. The molecule has 1 unspecified atom stereocenters. The molecule has 1 heterocycles. The molecule has 0 bridgehead atoms. The Morgan fingerprint density at radius 1 is 1.33 bits per heavy atom. The molecule has 0 saturated heterocycles. The number of nitrogens with one attached hydrogen (secondary N) is 1. The van der Waals surface area contributed by atoms with Gasteiger partial charge < -0.3 is 14.6 Å². The van der Waals surface area contributed by atoms with Gasteiger partial charge in [-0.05, 0) is 43.9 Å². The molecule has 3 rings (SSSR count). The molecule has 5 nitrogen and oxygen atoms in total. The van der Waals surface area contributed by atoms with Crippen molar-refractivity contribution in [3.63, 3.8) is 0 Å².